The average Bonchev–Trinajstić information content (AvgIpc) is 2.38. The van der Waals surface area contributed by atoms with Gasteiger partial charge in [0.2, 0.25) is 0 Å². The Morgan fingerprint density at radius 2 is 1.24 bits per heavy atom. The molecule has 0 saturated heterocycles. The maximum absolute atomic E-state index is 2.28. The van der Waals surface area contributed by atoms with Crippen LogP contribution in [0.3, 0.4) is 0 Å². The first-order chi connectivity index (χ1) is 8.45. The first kappa shape index (κ1) is 13.1. The van der Waals surface area contributed by atoms with E-state index in [2.05, 4.69) is 30.3 Å². The highest BCUT2D eigenvalue weighted by Crippen LogP contribution is 2.29. The molecule has 1 aromatic rings. The molecule has 2 rings (SSSR count). The van der Waals surface area contributed by atoms with E-state index in [9.17, 15) is 0 Å². The minimum absolute atomic E-state index is 0.912. The number of benzene rings is 1. The smallest absolute Gasteiger partial charge is 0.0127 e. The van der Waals surface area contributed by atoms with Crippen molar-refractivity contribution in [3.8, 4) is 0 Å². The molecule has 0 aromatic heterocycles. The van der Waals surface area contributed by atoms with E-state index in [1.54, 1.807) is 8.58 Å². The summed E-state index contributed by atoms with van der Waals surface area (Å²) in [6.45, 7) is 0. The zero-order valence-corrected chi connectivity index (χ0v) is 11.7. The van der Waals surface area contributed by atoms with Gasteiger partial charge in [0.05, 0.1) is 0 Å². The van der Waals surface area contributed by atoms with Crippen LogP contribution < -0.4 is 5.30 Å². The molecule has 0 aliphatic heterocycles. The topological polar surface area (TPSA) is 0 Å². The molecule has 0 heterocycles. The summed E-state index contributed by atoms with van der Waals surface area (Å²) in [7, 11) is 1.57. The van der Waals surface area contributed by atoms with Crippen LogP contribution in [-0.2, 0) is 0 Å². The Morgan fingerprint density at radius 1 is 0.706 bits per heavy atom. The second-order valence-electron chi connectivity index (χ2n) is 5.17. The molecule has 17 heavy (non-hydrogen) atoms. The normalized spacial score (nSPS) is 20.7. The van der Waals surface area contributed by atoms with Crippen LogP contribution in [0.2, 0.25) is 0 Å². The molecule has 93 valence electrons. The summed E-state index contributed by atoms with van der Waals surface area (Å²) in [6.07, 6.45) is 13.1. The van der Waals surface area contributed by atoms with E-state index >= 15 is 0 Å². The minimum Gasteiger partial charge on any atom is -0.0622 e. The standard InChI is InChI=1S/C16H24P/c1-2-4-7-11-15(12-8-5-3-1)17-16-13-9-6-10-14-16/h6,9-10,13-15H,1-5,7-8,11-12H2. The average molecular weight is 247 g/mol. The van der Waals surface area contributed by atoms with E-state index in [4.69, 9.17) is 0 Å². The molecular weight excluding hydrogens is 223 g/mol. The van der Waals surface area contributed by atoms with Crippen molar-refractivity contribution in [2.45, 2.75) is 63.4 Å². The minimum atomic E-state index is 0.912. The predicted octanol–water partition coefficient (Wildman–Crippen LogP) is 5.15. The van der Waals surface area contributed by atoms with Gasteiger partial charge in [0.25, 0.3) is 0 Å². The second kappa shape index (κ2) is 7.88. The van der Waals surface area contributed by atoms with Crippen LogP contribution in [0.5, 0.6) is 0 Å². The zero-order chi connectivity index (χ0) is 11.8. The largest absolute Gasteiger partial charge is 0.0622 e. The Bertz CT molecular complexity index is 284. The number of hydrogen-bond acceptors (Lipinski definition) is 0. The zero-order valence-electron chi connectivity index (χ0n) is 10.8. The third-order valence-electron chi connectivity index (χ3n) is 3.66. The second-order valence-corrected chi connectivity index (χ2v) is 6.68. The first-order valence-electron chi connectivity index (χ1n) is 7.21. The van der Waals surface area contributed by atoms with Gasteiger partial charge in [0.15, 0.2) is 0 Å². The first-order valence-corrected chi connectivity index (χ1v) is 8.17. The summed E-state index contributed by atoms with van der Waals surface area (Å²) in [5.74, 6) is 0. The molecule has 0 amide bonds. The van der Waals surface area contributed by atoms with Crippen LogP contribution in [0.1, 0.15) is 57.8 Å². The molecular formula is C16H24P. The van der Waals surface area contributed by atoms with E-state index in [0.717, 1.165) is 5.66 Å². The highest BCUT2D eigenvalue weighted by Gasteiger charge is 2.11. The van der Waals surface area contributed by atoms with Crippen molar-refractivity contribution in [2.24, 2.45) is 0 Å². The van der Waals surface area contributed by atoms with E-state index in [1.807, 2.05) is 0 Å². The van der Waals surface area contributed by atoms with Gasteiger partial charge in [-0.1, -0.05) is 75.3 Å². The quantitative estimate of drug-likeness (QED) is 0.634. The summed E-state index contributed by atoms with van der Waals surface area (Å²) >= 11 is 0. The summed E-state index contributed by atoms with van der Waals surface area (Å²) in [6, 6.07) is 11.0. The van der Waals surface area contributed by atoms with Crippen molar-refractivity contribution in [1.29, 1.82) is 0 Å². The molecule has 0 unspecified atom stereocenters. The van der Waals surface area contributed by atoms with Gasteiger partial charge in [-0.05, 0) is 32.4 Å². The van der Waals surface area contributed by atoms with Crippen molar-refractivity contribution in [3.63, 3.8) is 0 Å². The van der Waals surface area contributed by atoms with Gasteiger partial charge < -0.3 is 0 Å². The van der Waals surface area contributed by atoms with Crippen LogP contribution >= 0.6 is 8.58 Å². The van der Waals surface area contributed by atoms with Crippen molar-refractivity contribution >= 4 is 13.9 Å². The molecule has 1 aromatic carbocycles. The molecule has 0 nitrogen and oxygen atoms in total. The van der Waals surface area contributed by atoms with E-state index < -0.39 is 0 Å². The highest BCUT2D eigenvalue weighted by atomic mass is 31.1. The fourth-order valence-corrected chi connectivity index (χ4v) is 4.03. The van der Waals surface area contributed by atoms with Gasteiger partial charge in [-0.25, -0.2) is 0 Å². The Hall–Kier alpha value is -0.350. The number of rotatable bonds is 2. The third kappa shape index (κ3) is 5.21. The molecule has 1 saturated carbocycles. The molecule has 0 bridgehead atoms. The van der Waals surface area contributed by atoms with Crippen LogP contribution in [-0.4, -0.2) is 5.66 Å². The van der Waals surface area contributed by atoms with Crippen molar-refractivity contribution < 1.29 is 0 Å². The van der Waals surface area contributed by atoms with Crippen molar-refractivity contribution in [1.82, 2.24) is 0 Å². The summed E-state index contributed by atoms with van der Waals surface area (Å²) in [4.78, 5) is 0. The van der Waals surface area contributed by atoms with Crippen LogP contribution in [0.15, 0.2) is 30.3 Å². The Morgan fingerprint density at radius 3 is 1.82 bits per heavy atom. The summed E-state index contributed by atoms with van der Waals surface area (Å²) in [5.41, 5.74) is 0.912. The Balaban J connectivity index is 1.83. The molecule has 0 N–H and O–H groups in total. The molecule has 1 aliphatic carbocycles. The SMILES string of the molecule is c1ccc([P]C2CCCCCCCCC2)cc1. The summed E-state index contributed by atoms with van der Waals surface area (Å²) < 4.78 is 0. The van der Waals surface area contributed by atoms with E-state index in [0.29, 0.717) is 0 Å². The third-order valence-corrected chi connectivity index (χ3v) is 5.14. The van der Waals surface area contributed by atoms with Gasteiger partial charge in [-0.3, -0.25) is 0 Å². The van der Waals surface area contributed by atoms with Gasteiger partial charge in [-0.2, -0.15) is 0 Å². The van der Waals surface area contributed by atoms with Crippen LogP contribution in [0.4, 0.5) is 0 Å². The lowest BCUT2D eigenvalue weighted by Gasteiger charge is -2.17. The predicted molar refractivity (Wildman–Crippen MR) is 78.3 cm³/mol. The maximum Gasteiger partial charge on any atom is -0.0127 e. The molecule has 1 heteroatoms. The summed E-state index contributed by atoms with van der Waals surface area (Å²) in [5, 5.41) is 1.51. The lowest BCUT2D eigenvalue weighted by molar-refractivity contribution is 0.510. The lowest BCUT2D eigenvalue weighted by Crippen LogP contribution is -2.07. The van der Waals surface area contributed by atoms with E-state index in [1.165, 1.54) is 63.1 Å². The fraction of sp³-hybridized carbons (Fsp3) is 0.625. The van der Waals surface area contributed by atoms with Gasteiger partial charge in [0, 0.05) is 0 Å². The molecule has 1 aliphatic rings. The Labute approximate surface area is 108 Å². The van der Waals surface area contributed by atoms with Crippen LogP contribution in [0, 0.1) is 0 Å². The van der Waals surface area contributed by atoms with Crippen molar-refractivity contribution in [2.75, 3.05) is 0 Å². The fourth-order valence-electron chi connectivity index (χ4n) is 2.64. The molecule has 1 radical (unpaired) electrons. The lowest BCUT2D eigenvalue weighted by atomic mass is 10.0. The molecule has 0 spiro atoms. The van der Waals surface area contributed by atoms with Crippen molar-refractivity contribution in [3.05, 3.63) is 30.3 Å². The highest BCUT2D eigenvalue weighted by molar-refractivity contribution is 7.48. The maximum atomic E-state index is 2.28. The van der Waals surface area contributed by atoms with Gasteiger partial charge in [-0.15, -0.1) is 0 Å². The van der Waals surface area contributed by atoms with Crippen LogP contribution in [0.25, 0.3) is 0 Å². The number of hydrogen-bond donors (Lipinski definition) is 0. The monoisotopic (exact) mass is 247 g/mol. The van der Waals surface area contributed by atoms with E-state index in [-0.39, 0.29) is 0 Å². The Kier molecular flexibility index (Phi) is 6.07. The molecule has 1 fully saturated rings. The van der Waals surface area contributed by atoms with Gasteiger partial charge in [0.1, 0.15) is 0 Å². The van der Waals surface area contributed by atoms with Gasteiger partial charge >= 0.3 is 0 Å². The molecule has 0 atom stereocenters.